The average molecular weight is 345 g/mol. The summed E-state index contributed by atoms with van der Waals surface area (Å²) in [4.78, 5) is 21.8. The number of carbonyl (C=O) groups excluding carboxylic acids is 1. The zero-order valence-electron chi connectivity index (χ0n) is 13.2. The molecule has 0 heterocycles. The average Bonchev–Trinajstić information content (AvgIpc) is 2.62. The van der Waals surface area contributed by atoms with E-state index in [-0.39, 0.29) is 17.9 Å². The van der Waals surface area contributed by atoms with Gasteiger partial charge >= 0.3 is 5.69 Å². The number of nitro groups is 1. The molecule has 2 N–H and O–H groups in total. The SMILES string of the molecule is COc1cc(/C=N\NC(=O)COc2ccccc2)c(O)c([N+](=O)[O-])c1. The van der Waals surface area contributed by atoms with E-state index in [1.54, 1.807) is 24.3 Å². The molecule has 0 aromatic heterocycles. The Kier molecular flexibility index (Phi) is 5.88. The van der Waals surface area contributed by atoms with E-state index in [9.17, 15) is 20.0 Å². The van der Waals surface area contributed by atoms with Gasteiger partial charge in [-0.1, -0.05) is 18.2 Å². The number of ether oxygens (including phenoxy) is 2. The normalized spacial score (nSPS) is 10.4. The van der Waals surface area contributed by atoms with Gasteiger partial charge in [0.2, 0.25) is 5.75 Å². The van der Waals surface area contributed by atoms with Crippen molar-refractivity contribution in [2.75, 3.05) is 13.7 Å². The molecule has 0 unspecified atom stereocenters. The van der Waals surface area contributed by atoms with Crippen molar-refractivity contribution in [2.45, 2.75) is 0 Å². The summed E-state index contributed by atoms with van der Waals surface area (Å²) in [6.45, 7) is -0.258. The summed E-state index contributed by atoms with van der Waals surface area (Å²) in [5.41, 5.74) is 1.69. The third kappa shape index (κ3) is 4.93. The molecule has 0 bridgehead atoms. The number of carbonyl (C=O) groups is 1. The zero-order valence-corrected chi connectivity index (χ0v) is 13.2. The van der Waals surface area contributed by atoms with Crippen LogP contribution in [0.3, 0.4) is 0 Å². The van der Waals surface area contributed by atoms with Crippen molar-refractivity contribution in [3.63, 3.8) is 0 Å². The molecule has 2 rings (SSSR count). The molecule has 2 aromatic rings. The minimum Gasteiger partial charge on any atom is -0.502 e. The van der Waals surface area contributed by atoms with Gasteiger partial charge in [-0.3, -0.25) is 14.9 Å². The first-order chi connectivity index (χ1) is 12.0. The summed E-state index contributed by atoms with van der Waals surface area (Å²) in [5, 5.41) is 24.4. The molecule has 0 fully saturated rings. The second kappa shape index (κ2) is 8.29. The summed E-state index contributed by atoms with van der Waals surface area (Å²) < 4.78 is 10.2. The largest absolute Gasteiger partial charge is 0.502 e. The molecule has 0 radical (unpaired) electrons. The maximum Gasteiger partial charge on any atom is 0.315 e. The van der Waals surface area contributed by atoms with Crippen molar-refractivity contribution in [1.82, 2.24) is 5.43 Å². The second-order valence-corrected chi connectivity index (χ2v) is 4.74. The van der Waals surface area contributed by atoms with Gasteiger partial charge in [0.25, 0.3) is 5.91 Å². The van der Waals surface area contributed by atoms with Crippen LogP contribution < -0.4 is 14.9 Å². The minimum atomic E-state index is -0.749. The Labute approximate surface area is 142 Å². The van der Waals surface area contributed by atoms with Crippen LogP contribution in [0.1, 0.15) is 5.56 Å². The smallest absolute Gasteiger partial charge is 0.315 e. The van der Waals surface area contributed by atoms with Crippen LogP contribution >= 0.6 is 0 Å². The van der Waals surface area contributed by atoms with Crippen molar-refractivity contribution in [3.8, 4) is 17.2 Å². The van der Waals surface area contributed by atoms with Gasteiger partial charge in [0.1, 0.15) is 11.5 Å². The lowest BCUT2D eigenvalue weighted by atomic mass is 10.1. The van der Waals surface area contributed by atoms with Crippen molar-refractivity contribution in [1.29, 1.82) is 0 Å². The van der Waals surface area contributed by atoms with Crippen LogP contribution in [0.5, 0.6) is 17.2 Å². The Bertz CT molecular complexity index is 792. The molecule has 0 aliphatic rings. The fraction of sp³-hybridized carbons (Fsp3) is 0.125. The lowest BCUT2D eigenvalue weighted by Gasteiger charge is -2.05. The highest BCUT2D eigenvalue weighted by atomic mass is 16.6. The van der Waals surface area contributed by atoms with Crippen LogP contribution in [0, 0.1) is 10.1 Å². The molecule has 0 saturated carbocycles. The van der Waals surface area contributed by atoms with E-state index in [2.05, 4.69) is 10.5 Å². The number of aromatic hydroxyl groups is 1. The standard InChI is InChI=1S/C16H15N3O6/c1-24-13-7-11(16(21)14(8-13)19(22)23)9-17-18-15(20)10-25-12-5-3-2-4-6-12/h2-9,21H,10H2,1H3,(H,18,20)/b17-9-. The lowest BCUT2D eigenvalue weighted by Crippen LogP contribution is -2.24. The number of methoxy groups -OCH3 is 1. The Morgan fingerprint density at radius 1 is 1.32 bits per heavy atom. The Morgan fingerprint density at radius 2 is 2.04 bits per heavy atom. The highest BCUT2D eigenvalue weighted by Crippen LogP contribution is 2.33. The third-order valence-corrected chi connectivity index (χ3v) is 3.03. The van der Waals surface area contributed by atoms with E-state index in [0.29, 0.717) is 5.75 Å². The van der Waals surface area contributed by atoms with Gasteiger partial charge in [-0.05, 0) is 18.2 Å². The Hall–Kier alpha value is -3.62. The van der Waals surface area contributed by atoms with Crippen molar-refractivity contribution in [3.05, 3.63) is 58.1 Å². The summed E-state index contributed by atoms with van der Waals surface area (Å²) in [6, 6.07) is 11.2. The first-order valence-electron chi connectivity index (χ1n) is 7.06. The molecule has 0 atom stereocenters. The van der Waals surface area contributed by atoms with Crippen LogP contribution in [0.15, 0.2) is 47.6 Å². The Morgan fingerprint density at radius 3 is 2.68 bits per heavy atom. The van der Waals surface area contributed by atoms with Crippen LogP contribution in [0.4, 0.5) is 5.69 Å². The Balaban J connectivity index is 2.00. The summed E-state index contributed by atoms with van der Waals surface area (Å²) >= 11 is 0. The molecular formula is C16H15N3O6. The molecule has 1 amide bonds. The summed E-state index contributed by atoms with van der Waals surface area (Å²) in [7, 11) is 1.33. The fourth-order valence-corrected chi connectivity index (χ4v) is 1.84. The number of nitro benzene ring substituents is 1. The first-order valence-corrected chi connectivity index (χ1v) is 7.06. The minimum absolute atomic E-state index is 0.0235. The van der Waals surface area contributed by atoms with E-state index in [0.717, 1.165) is 12.3 Å². The maximum atomic E-state index is 11.6. The number of hydrazone groups is 1. The zero-order chi connectivity index (χ0) is 18.2. The highest BCUT2D eigenvalue weighted by Gasteiger charge is 2.18. The highest BCUT2D eigenvalue weighted by molar-refractivity contribution is 5.88. The third-order valence-electron chi connectivity index (χ3n) is 3.03. The molecular weight excluding hydrogens is 330 g/mol. The number of benzene rings is 2. The number of amides is 1. The van der Waals surface area contributed by atoms with E-state index in [1.165, 1.54) is 13.2 Å². The topological polar surface area (TPSA) is 123 Å². The first kappa shape index (κ1) is 17.7. The maximum absolute atomic E-state index is 11.6. The molecule has 0 saturated heterocycles. The van der Waals surface area contributed by atoms with E-state index in [4.69, 9.17) is 9.47 Å². The van der Waals surface area contributed by atoms with E-state index < -0.39 is 22.3 Å². The second-order valence-electron chi connectivity index (χ2n) is 4.74. The number of nitrogens with zero attached hydrogens (tertiary/aromatic N) is 2. The van der Waals surface area contributed by atoms with Crippen LogP contribution in [0.2, 0.25) is 0 Å². The van der Waals surface area contributed by atoms with Crippen molar-refractivity contribution in [2.24, 2.45) is 5.10 Å². The number of rotatable bonds is 7. The quantitative estimate of drug-likeness (QED) is 0.448. The number of hydrogen-bond donors (Lipinski definition) is 2. The van der Waals surface area contributed by atoms with Crippen LogP contribution in [-0.4, -0.2) is 35.9 Å². The number of phenols is 1. The molecule has 2 aromatic carbocycles. The van der Waals surface area contributed by atoms with Gasteiger partial charge in [0.15, 0.2) is 6.61 Å². The van der Waals surface area contributed by atoms with Gasteiger partial charge in [-0.25, -0.2) is 5.43 Å². The van der Waals surface area contributed by atoms with E-state index in [1.807, 2.05) is 6.07 Å². The van der Waals surface area contributed by atoms with Gasteiger partial charge in [-0.15, -0.1) is 0 Å². The molecule has 0 aliphatic carbocycles. The molecule has 0 aliphatic heterocycles. The molecule has 9 heteroatoms. The molecule has 130 valence electrons. The monoisotopic (exact) mass is 345 g/mol. The van der Waals surface area contributed by atoms with Gasteiger partial charge in [-0.2, -0.15) is 5.10 Å². The van der Waals surface area contributed by atoms with E-state index >= 15 is 0 Å². The van der Waals surface area contributed by atoms with Gasteiger partial charge in [0, 0.05) is 5.56 Å². The predicted octanol–water partition coefficient (Wildman–Crippen LogP) is 1.84. The number of para-hydroxylation sites is 1. The van der Waals surface area contributed by atoms with Crippen LogP contribution in [0.25, 0.3) is 0 Å². The summed E-state index contributed by atoms with van der Waals surface area (Å²) in [5.74, 6) is -0.409. The van der Waals surface area contributed by atoms with Gasteiger partial charge in [0.05, 0.1) is 24.3 Å². The lowest BCUT2D eigenvalue weighted by molar-refractivity contribution is -0.385. The van der Waals surface area contributed by atoms with Crippen LogP contribution in [-0.2, 0) is 4.79 Å². The van der Waals surface area contributed by atoms with Gasteiger partial charge < -0.3 is 14.6 Å². The predicted molar refractivity (Wildman–Crippen MR) is 89.0 cm³/mol. The number of phenolic OH excluding ortho intramolecular Hbond substituents is 1. The number of nitrogens with one attached hydrogen (secondary N) is 1. The molecule has 0 spiro atoms. The number of hydrogen-bond acceptors (Lipinski definition) is 7. The summed E-state index contributed by atoms with van der Waals surface area (Å²) in [6.07, 6.45) is 1.07. The van der Waals surface area contributed by atoms with Crippen molar-refractivity contribution >= 4 is 17.8 Å². The fourth-order valence-electron chi connectivity index (χ4n) is 1.84. The van der Waals surface area contributed by atoms with Crippen molar-refractivity contribution < 1.29 is 24.3 Å². The molecule has 9 nitrogen and oxygen atoms in total. The molecule has 25 heavy (non-hydrogen) atoms.